The molecule has 0 N–H and O–H groups in total. The van der Waals surface area contributed by atoms with E-state index in [-0.39, 0.29) is 12.0 Å². The van der Waals surface area contributed by atoms with E-state index in [0.717, 1.165) is 41.4 Å². The Hall–Kier alpha value is -2.42. The van der Waals surface area contributed by atoms with E-state index < -0.39 is 11.6 Å². The first-order valence-corrected chi connectivity index (χ1v) is 11.4. The molecule has 0 spiro atoms. The number of carbonyl (C=O) groups excluding carboxylic acids is 2. The first-order valence-electron chi connectivity index (χ1n) is 10.6. The van der Waals surface area contributed by atoms with Crippen LogP contribution in [0.4, 0.5) is 9.93 Å². The normalized spacial score (nSPS) is 20.5. The van der Waals surface area contributed by atoms with E-state index in [2.05, 4.69) is 14.9 Å². The minimum Gasteiger partial charge on any atom is -0.444 e. The lowest BCUT2D eigenvalue weighted by Gasteiger charge is -2.41. The van der Waals surface area contributed by atoms with Crippen LogP contribution in [0.15, 0.2) is 18.3 Å². The predicted molar refractivity (Wildman–Crippen MR) is 117 cm³/mol. The average Bonchev–Trinajstić information content (AvgIpc) is 3.16. The summed E-state index contributed by atoms with van der Waals surface area (Å²) in [6.45, 7) is 8.83. The van der Waals surface area contributed by atoms with Crippen LogP contribution in [-0.2, 0) is 9.53 Å². The van der Waals surface area contributed by atoms with E-state index in [4.69, 9.17) is 4.74 Å². The highest BCUT2D eigenvalue weighted by atomic mass is 32.1. The number of hydrogen-bond acceptors (Lipinski definition) is 7. The number of hydrogen-bond donors (Lipinski definition) is 0. The molecule has 2 amide bonds. The van der Waals surface area contributed by atoms with Crippen LogP contribution in [0.2, 0.25) is 0 Å². The van der Waals surface area contributed by atoms with Crippen molar-refractivity contribution in [2.45, 2.75) is 51.7 Å². The number of piperazine rings is 1. The molecule has 162 valence electrons. The maximum atomic E-state index is 13.3. The van der Waals surface area contributed by atoms with E-state index in [1.54, 1.807) is 22.4 Å². The summed E-state index contributed by atoms with van der Waals surface area (Å²) in [6, 6.07) is 3.44. The highest BCUT2D eigenvalue weighted by Gasteiger charge is 2.37. The van der Waals surface area contributed by atoms with Gasteiger partial charge in [-0.2, -0.15) is 0 Å². The number of likely N-dealkylation sites (tertiary alicyclic amines) is 1. The number of thiazole rings is 1. The molecule has 9 heteroatoms. The molecule has 0 saturated carbocycles. The summed E-state index contributed by atoms with van der Waals surface area (Å²) >= 11 is 1.58. The second-order valence-corrected chi connectivity index (χ2v) is 9.78. The topological polar surface area (TPSA) is 78.9 Å². The van der Waals surface area contributed by atoms with Gasteiger partial charge in [0, 0.05) is 38.9 Å². The molecule has 1 unspecified atom stereocenters. The zero-order valence-corrected chi connectivity index (χ0v) is 18.7. The number of anilines is 1. The number of rotatable bonds is 2. The van der Waals surface area contributed by atoms with Crippen LogP contribution >= 0.6 is 11.3 Å². The summed E-state index contributed by atoms with van der Waals surface area (Å²) in [5.74, 6) is 0.0335. The average molecular weight is 432 g/mol. The van der Waals surface area contributed by atoms with Gasteiger partial charge in [0.05, 0.1) is 0 Å². The van der Waals surface area contributed by atoms with Crippen molar-refractivity contribution in [1.29, 1.82) is 0 Å². The molecule has 8 nitrogen and oxygen atoms in total. The Labute approximate surface area is 180 Å². The molecule has 2 saturated heterocycles. The zero-order chi connectivity index (χ0) is 21.3. The van der Waals surface area contributed by atoms with Gasteiger partial charge in [0.1, 0.15) is 22.0 Å². The molecule has 2 aliphatic rings. The van der Waals surface area contributed by atoms with Gasteiger partial charge in [-0.3, -0.25) is 9.69 Å². The Bertz CT molecular complexity index is 884. The Balaban J connectivity index is 1.39. The lowest BCUT2D eigenvalue weighted by atomic mass is 10.0. The number of amides is 2. The fourth-order valence-corrected chi connectivity index (χ4v) is 4.91. The summed E-state index contributed by atoms with van der Waals surface area (Å²) < 4.78 is 5.54. The number of ether oxygens (including phenoxy) is 1. The van der Waals surface area contributed by atoms with E-state index in [1.165, 1.54) is 0 Å². The number of aromatic nitrogens is 2. The van der Waals surface area contributed by atoms with Crippen molar-refractivity contribution in [2.24, 2.45) is 0 Å². The van der Waals surface area contributed by atoms with E-state index in [0.29, 0.717) is 26.1 Å². The summed E-state index contributed by atoms with van der Waals surface area (Å²) in [6.07, 6.45) is 3.95. The number of carbonyl (C=O) groups is 2. The van der Waals surface area contributed by atoms with E-state index >= 15 is 0 Å². The molecule has 2 fully saturated rings. The third kappa shape index (κ3) is 4.50. The van der Waals surface area contributed by atoms with Crippen molar-refractivity contribution in [2.75, 3.05) is 37.6 Å². The molecule has 0 aliphatic carbocycles. The summed E-state index contributed by atoms with van der Waals surface area (Å²) in [5.41, 5.74) is 0.339. The van der Waals surface area contributed by atoms with Crippen LogP contribution in [0.25, 0.3) is 10.3 Å². The van der Waals surface area contributed by atoms with Crippen molar-refractivity contribution in [1.82, 2.24) is 19.8 Å². The van der Waals surface area contributed by atoms with Gasteiger partial charge in [0.15, 0.2) is 5.13 Å². The second-order valence-electron chi connectivity index (χ2n) is 8.82. The van der Waals surface area contributed by atoms with Crippen molar-refractivity contribution in [3.8, 4) is 0 Å². The lowest BCUT2D eigenvalue weighted by molar-refractivity contribution is -0.138. The summed E-state index contributed by atoms with van der Waals surface area (Å²) in [5, 5.41) is 0.948. The quantitative estimate of drug-likeness (QED) is 0.727. The van der Waals surface area contributed by atoms with Crippen LogP contribution in [0.1, 0.15) is 40.0 Å². The molecule has 1 atom stereocenters. The van der Waals surface area contributed by atoms with Crippen LogP contribution in [0, 0.1) is 0 Å². The molecular formula is C21H29N5O3S. The van der Waals surface area contributed by atoms with Crippen molar-refractivity contribution < 1.29 is 14.3 Å². The molecule has 2 aromatic rings. The fourth-order valence-electron chi connectivity index (χ4n) is 3.95. The highest BCUT2D eigenvalue weighted by Crippen LogP contribution is 2.28. The molecule has 4 rings (SSSR count). The number of fused-ring (bicyclic) bond motifs is 1. The monoisotopic (exact) mass is 431 g/mol. The highest BCUT2D eigenvalue weighted by molar-refractivity contribution is 7.21. The molecule has 0 bridgehead atoms. The minimum absolute atomic E-state index is 0.0335. The van der Waals surface area contributed by atoms with Crippen LogP contribution in [0.5, 0.6) is 0 Å². The van der Waals surface area contributed by atoms with Gasteiger partial charge in [-0.05, 0) is 52.2 Å². The Kier molecular flexibility index (Phi) is 5.81. The van der Waals surface area contributed by atoms with Crippen LogP contribution in [-0.4, -0.2) is 76.1 Å². The van der Waals surface area contributed by atoms with Crippen LogP contribution in [0.3, 0.4) is 0 Å². The SMILES string of the molecule is CC(C)(C)OC(=O)N1CCCCC1C(=O)N1CCN(c2nc3cccnc3s2)CC1. The molecule has 0 radical (unpaired) electrons. The maximum Gasteiger partial charge on any atom is 0.410 e. The van der Waals surface area contributed by atoms with Crippen LogP contribution < -0.4 is 4.90 Å². The third-order valence-corrected chi connectivity index (χ3v) is 6.47. The molecule has 2 aliphatic heterocycles. The summed E-state index contributed by atoms with van der Waals surface area (Å²) in [4.78, 5) is 41.6. The van der Waals surface area contributed by atoms with Crippen molar-refractivity contribution in [3.05, 3.63) is 18.3 Å². The second kappa shape index (κ2) is 8.37. The number of nitrogens with zero attached hydrogens (tertiary/aromatic N) is 5. The van der Waals surface area contributed by atoms with Gasteiger partial charge in [0.2, 0.25) is 5.91 Å². The molecular weight excluding hydrogens is 402 g/mol. The Morgan fingerprint density at radius 2 is 1.90 bits per heavy atom. The van der Waals surface area contributed by atoms with Gasteiger partial charge in [-0.1, -0.05) is 11.3 Å². The maximum absolute atomic E-state index is 13.3. The van der Waals surface area contributed by atoms with Gasteiger partial charge in [0.25, 0.3) is 0 Å². The fraction of sp³-hybridized carbons (Fsp3) is 0.619. The summed E-state index contributed by atoms with van der Waals surface area (Å²) in [7, 11) is 0. The third-order valence-electron chi connectivity index (χ3n) is 5.43. The predicted octanol–water partition coefficient (Wildman–Crippen LogP) is 3.13. The first kappa shape index (κ1) is 20.8. The van der Waals surface area contributed by atoms with Gasteiger partial charge >= 0.3 is 6.09 Å². The van der Waals surface area contributed by atoms with E-state index in [9.17, 15) is 9.59 Å². The van der Waals surface area contributed by atoms with Gasteiger partial charge in [-0.25, -0.2) is 14.8 Å². The number of pyridine rings is 1. The lowest BCUT2D eigenvalue weighted by Crippen LogP contribution is -2.57. The van der Waals surface area contributed by atoms with Gasteiger partial charge in [-0.15, -0.1) is 0 Å². The first-order chi connectivity index (χ1) is 14.3. The van der Waals surface area contributed by atoms with Gasteiger partial charge < -0.3 is 14.5 Å². The molecule has 4 heterocycles. The molecule has 2 aromatic heterocycles. The Morgan fingerprint density at radius 3 is 2.60 bits per heavy atom. The van der Waals surface area contributed by atoms with Crippen molar-refractivity contribution >= 4 is 38.8 Å². The standard InChI is InChI=1S/C21H29N5O3S/c1-21(2,3)29-20(28)26-10-5-4-8-16(26)18(27)24-11-13-25(14-12-24)19-23-15-7-6-9-22-17(15)30-19/h6-7,9,16H,4-5,8,10-14H2,1-3H3. The number of piperidine rings is 1. The van der Waals surface area contributed by atoms with E-state index in [1.807, 2.05) is 37.8 Å². The Morgan fingerprint density at radius 1 is 1.13 bits per heavy atom. The van der Waals surface area contributed by atoms with Crippen molar-refractivity contribution in [3.63, 3.8) is 0 Å². The minimum atomic E-state index is -0.570. The molecule has 30 heavy (non-hydrogen) atoms. The largest absolute Gasteiger partial charge is 0.444 e. The smallest absolute Gasteiger partial charge is 0.410 e. The molecule has 0 aromatic carbocycles. The zero-order valence-electron chi connectivity index (χ0n) is 17.8.